The maximum Gasteiger partial charge on any atom is 0.252 e. The molecule has 0 aliphatic rings. The van der Waals surface area contributed by atoms with Crippen molar-refractivity contribution in [3.8, 4) is 0 Å². The van der Waals surface area contributed by atoms with E-state index in [0.29, 0.717) is 20.0 Å². The van der Waals surface area contributed by atoms with E-state index in [-0.39, 0.29) is 11.9 Å². The Labute approximate surface area is 125 Å². The highest BCUT2D eigenvalue weighted by molar-refractivity contribution is 9.10. The summed E-state index contributed by atoms with van der Waals surface area (Å²) in [6, 6.07) is 4.72. The quantitative estimate of drug-likeness (QED) is 0.802. The van der Waals surface area contributed by atoms with Crippen molar-refractivity contribution in [2.45, 2.75) is 25.8 Å². The highest BCUT2D eigenvalue weighted by atomic mass is 79.9. The number of carbonyl (C=O) groups excluding carboxylic acids is 1. The van der Waals surface area contributed by atoms with Crippen LogP contribution in [0.25, 0.3) is 0 Å². The molecule has 0 spiro atoms. The molecule has 0 radical (unpaired) electrons. The first kappa shape index (κ1) is 15.4. The maximum atomic E-state index is 12.1. The van der Waals surface area contributed by atoms with Gasteiger partial charge in [-0.1, -0.05) is 37.2 Å². The molecular formula is C12H14BrClN2OS. The molecule has 3 N–H and O–H groups in total. The lowest BCUT2D eigenvalue weighted by Crippen LogP contribution is -2.43. The first-order chi connectivity index (χ1) is 8.45. The van der Waals surface area contributed by atoms with Crippen LogP contribution in [-0.4, -0.2) is 16.9 Å². The van der Waals surface area contributed by atoms with E-state index < -0.39 is 0 Å². The Morgan fingerprint density at radius 2 is 2.28 bits per heavy atom. The molecule has 1 aromatic rings. The van der Waals surface area contributed by atoms with Crippen LogP contribution in [0.2, 0.25) is 5.02 Å². The van der Waals surface area contributed by atoms with Crippen LogP contribution in [0.5, 0.6) is 0 Å². The van der Waals surface area contributed by atoms with Crippen LogP contribution in [0, 0.1) is 0 Å². The lowest BCUT2D eigenvalue weighted by Gasteiger charge is -2.17. The molecule has 0 aliphatic carbocycles. The predicted octanol–water partition coefficient (Wildman–Crippen LogP) is 3.29. The van der Waals surface area contributed by atoms with Gasteiger partial charge in [-0.15, -0.1) is 0 Å². The van der Waals surface area contributed by atoms with Crippen molar-refractivity contribution in [3.63, 3.8) is 0 Å². The molecule has 0 saturated heterocycles. The summed E-state index contributed by atoms with van der Waals surface area (Å²) in [5, 5.41) is 3.38. The van der Waals surface area contributed by atoms with E-state index in [4.69, 9.17) is 29.6 Å². The molecule has 1 atom stereocenters. The second-order valence-electron chi connectivity index (χ2n) is 3.84. The molecule has 0 heterocycles. The van der Waals surface area contributed by atoms with Gasteiger partial charge in [0.25, 0.3) is 5.91 Å². The zero-order valence-electron chi connectivity index (χ0n) is 9.87. The van der Waals surface area contributed by atoms with Gasteiger partial charge in [0.1, 0.15) is 0 Å². The SMILES string of the molecule is CCCC(NC(=O)c1ccc(Cl)cc1Br)C(N)=S. The molecule has 1 aromatic carbocycles. The minimum atomic E-state index is -0.278. The van der Waals surface area contributed by atoms with Crippen LogP contribution in [0.1, 0.15) is 30.1 Å². The van der Waals surface area contributed by atoms with Gasteiger partial charge in [0, 0.05) is 9.50 Å². The zero-order valence-corrected chi connectivity index (χ0v) is 13.0. The largest absolute Gasteiger partial charge is 0.392 e. The van der Waals surface area contributed by atoms with Gasteiger partial charge in [-0.2, -0.15) is 0 Å². The van der Waals surface area contributed by atoms with Crippen molar-refractivity contribution in [1.29, 1.82) is 0 Å². The smallest absolute Gasteiger partial charge is 0.252 e. The van der Waals surface area contributed by atoms with E-state index in [1.165, 1.54) is 0 Å². The molecule has 0 saturated carbocycles. The minimum Gasteiger partial charge on any atom is -0.392 e. The Bertz CT molecular complexity index is 467. The fourth-order valence-electron chi connectivity index (χ4n) is 1.48. The third-order valence-corrected chi connectivity index (χ3v) is 3.58. The van der Waals surface area contributed by atoms with Gasteiger partial charge in [-0.25, -0.2) is 0 Å². The Kier molecular flexibility index (Phi) is 6.05. The molecule has 1 rings (SSSR count). The topological polar surface area (TPSA) is 55.1 Å². The lowest BCUT2D eigenvalue weighted by molar-refractivity contribution is 0.0945. The van der Waals surface area contributed by atoms with Crippen LogP contribution in [0.15, 0.2) is 22.7 Å². The van der Waals surface area contributed by atoms with Crippen molar-refractivity contribution >= 4 is 50.6 Å². The van der Waals surface area contributed by atoms with Crippen molar-refractivity contribution in [2.24, 2.45) is 5.73 Å². The number of carbonyl (C=O) groups is 1. The van der Waals surface area contributed by atoms with E-state index in [1.807, 2.05) is 6.92 Å². The monoisotopic (exact) mass is 348 g/mol. The number of amides is 1. The Morgan fingerprint density at radius 1 is 1.61 bits per heavy atom. The Balaban J connectivity index is 2.83. The number of benzene rings is 1. The van der Waals surface area contributed by atoms with Gasteiger partial charge in [-0.3, -0.25) is 4.79 Å². The van der Waals surface area contributed by atoms with Crippen molar-refractivity contribution < 1.29 is 4.79 Å². The number of rotatable bonds is 5. The van der Waals surface area contributed by atoms with Crippen LogP contribution >= 0.6 is 39.7 Å². The van der Waals surface area contributed by atoms with Gasteiger partial charge in [0.15, 0.2) is 0 Å². The number of hydrogen-bond acceptors (Lipinski definition) is 2. The van der Waals surface area contributed by atoms with E-state index in [2.05, 4.69) is 21.2 Å². The second-order valence-corrected chi connectivity index (χ2v) is 5.60. The molecule has 3 nitrogen and oxygen atoms in total. The Hall–Kier alpha value is -0.650. The van der Waals surface area contributed by atoms with E-state index in [1.54, 1.807) is 18.2 Å². The normalized spacial score (nSPS) is 11.9. The highest BCUT2D eigenvalue weighted by Gasteiger charge is 2.17. The summed E-state index contributed by atoms with van der Waals surface area (Å²) in [5.41, 5.74) is 6.11. The van der Waals surface area contributed by atoms with Gasteiger partial charge in [-0.05, 0) is 40.5 Å². The first-order valence-electron chi connectivity index (χ1n) is 5.51. The average Bonchev–Trinajstić information content (AvgIpc) is 2.27. The number of halogens is 2. The fourth-order valence-corrected chi connectivity index (χ4v) is 2.52. The fraction of sp³-hybridized carbons (Fsp3) is 0.333. The molecule has 1 amide bonds. The van der Waals surface area contributed by atoms with Gasteiger partial charge in [0.2, 0.25) is 0 Å². The molecule has 6 heteroatoms. The zero-order chi connectivity index (χ0) is 13.7. The van der Waals surface area contributed by atoms with Gasteiger partial charge >= 0.3 is 0 Å². The first-order valence-corrected chi connectivity index (χ1v) is 7.08. The molecule has 0 fully saturated rings. The lowest BCUT2D eigenvalue weighted by atomic mass is 10.1. The van der Waals surface area contributed by atoms with Crippen LogP contribution in [0.3, 0.4) is 0 Å². The number of hydrogen-bond donors (Lipinski definition) is 2. The molecule has 18 heavy (non-hydrogen) atoms. The summed E-state index contributed by atoms with van der Waals surface area (Å²) in [6.07, 6.45) is 1.62. The van der Waals surface area contributed by atoms with Crippen molar-refractivity contribution in [2.75, 3.05) is 0 Å². The van der Waals surface area contributed by atoms with E-state index in [0.717, 1.165) is 12.8 Å². The minimum absolute atomic E-state index is 0.218. The van der Waals surface area contributed by atoms with Crippen LogP contribution < -0.4 is 11.1 Å². The average molecular weight is 350 g/mol. The third kappa shape index (κ3) is 4.23. The van der Waals surface area contributed by atoms with Crippen LogP contribution in [0.4, 0.5) is 0 Å². The molecule has 98 valence electrons. The Morgan fingerprint density at radius 3 is 2.78 bits per heavy atom. The number of thiocarbonyl (C=S) groups is 1. The summed E-state index contributed by atoms with van der Waals surface area (Å²) in [6.45, 7) is 2.01. The summed E-state index contributed by atoms with van der Waals surface area (Å²) in [4.78, 5) is 12.4. The molecule has 1 unspecified atom stereocenters. The van der Waals surface area contributed by atoms with Crippen LogP contribution in [-0.2, 0) is 0 Å². The van der Waals surface area contributed by atoms with Gasteiger partial charge < -0.3 is 11.1 Å². The maximum absolute atomic E-state index is 12.1. The van der Waals surface area contributed by atoms with Gasteiger partial charge in [0.05, 0.1) is 16.6 Å². The summed E-state index contributed by atoms with van der Waals surface area (Å²) in [5.74, 6) is -0.218. The second kappa shape index (κ2) is 7.07. The predicted molar refractivity (Wildman–Crippen MR) is 82.1 cm³/mol. The van der Waals surface area contributed by atoms with E-state index in [9.17, 15) is 4.79 Å². The standard InChI is InChI=1S/C12H14BrClN2OS/c1-2-3-10(11(15)18)16-12(17)8-5-4-7(14)6-9(8)13/h4-6,10H,2-3H2,1H3,(H2,15,18)(H,16,17). The van der Waals surface area contributed by atoms with Crippen molar-refractivity contribution in [1.82, 2.24) is 5.32 Å². The molecule has 0 aliphatic heterocycles. The van der Waals surface area contributed by atoms with Crippen molar-refractivity contribution in [3.05, 3.63) is 33.3 Å². The summed E-state index contributed by atoms with van der Waals surface area (Å²) >= 11 is 14.1. The summed E-state index contributed by atoms with van der Waals surface area (Å²) < 4.78 is 0.644. The summed E-state index contributed by atoms with van der Waals surface area (Å²) in [7, 11) is 0. The van der Waals surface area contributed by atoms with E-state index >= 15 is 0 Å². The number of nitrogens with two attached hydrogens (primary N) is 1. The molecular weight excluding hydrogens is 336 g/mol. The third-order valence-electron chi connectivity index (χ3n) is 2.40. The number of nitrogens with one attached hydrogen (secondary N) is 1. The molecule has 0 aromatic heterocycles. The molecule has 0 bridgehead atoms. The highest BCUT2D eigenvalue weighted by Crippen LogP contribution is 2.21.